The molecule has 0 aromatic heterocycles. The van der Waals surface area contributed by atoms with Crippen molar-refractivity contribution < 1.29 is 29.4 Å². The van der Waals surface area contributed by atoms with Gasteiger partial charge in [-0.2, -0.15) is 0 Å². The van der Waals surface area contributed by atoms with Crippen molar-refractivity contribution in [2.24, 2.45) is 23.5 Å². The van der Waals surface area contributed by atoms with Crippen LogP contribution in [0.2, 0.25) is 0 Å². The lowest BCUT2D eigenvalue weighted by molar-refractivity contribution is -0.144. The minimum atomic E-state index is -1.15. The maximum atomic E-state index is 13.3. The Morgan fingerprint density at radius 2 is 1.39 bits per heavy atom. The van der Waals surface area contributed by atoms with Crippen molar-refractivity contribution in [1.82, 2.24) is 16.0 Å². The topological polar surface area (TPSA) is 171 Å². The average Bonchev–Trinajstić information content (AvgIpc) is 2.80. The molecule has 0 bridgehead atoms. The van der Waals surface area contributed by atoms with E-state index < -0.39 is 47.9 Å². The van der Waals surface area contributed by atoms with E-state index in [0.29, 0.717) is 12.0 Å². The minimum absolute atomic E-state index is 0.0208. The molecule has 5 unspecified atom stereocenters. The van der Waals surface area contributed by atoms with E-state index in [-0.39, 0.29) is 36.3 Å². The molecule has 1 aromatic carbocycles. The second-order valence-electron chi connectivity index (χ2n) is 10.1. The summed E-state index contributed by atoms with van der Waals surface area (Å²) in [5, 5.41) is 27.1. The molecule has 10 heteroatoms. The van der Waals surface area contributed by atoms with E-state index in [9.17, 15) is 29.4 Å². The summed E-state index contributed by atoms with van der Waals surface area (Å²) in [7, 11) is 0. The maximum absolute atomic E-state index is 13.3. The fourth-order valence-electron chi connectivity index (χ4n) is 3.56. The van der Waals surface area contributed by atoms with Gasteiger partial charge in [0, 0.05) is 6.42 Å². The van der Waals surface area contributed by atoms with Gasteiger partial charge >= 0.3 is 5.97 Å². The van der Waals surface area contributed by atoms with Crippen LogP contribution >= 0.6 is 0 Å². The van der Waals surface area contributed by atoms with Gasteiger partial charge in [-0.25, -0.2) is 4.79 Å². The molecule has 0 heterocycles. The van der Waals surface area contributed by atoms with Crippen LogP contribution in [0, 0.1) is 17.8 Å². The number of carboxylic acids is 1. The van der Waals surface area contributed by atoms with Crippen LogP contribution in [-0.4, -0.2) is 58.1 Å². The lowest BCUT2D eigenvalue weighted by atomic mass is 9.97. The lowest BCUT2D eigenvalue weighted by Crippen LogP contribution is -2.58. The molecule has 1 aromatic rings. The Balaban J connectivity index is 3.16. The molecule has 36 heavy (non-hydrogen) atoms. The quantitative estimate of drug-likeness (QED) is 0.222. The van der Waals surface area contributed by atoms with Gasteiger partial charge in [0.25, 0.3) is 0 Å². The number of hydrogen-bond donors (Lipinski definition) is 6. The molecule has 0 radical (unpaired) electrons. The molecule has 0 saturated heterocycles. The van der Waals surface area contributed by atoms with Crippen molar-refractivity contribution in [3.05, 3.63) is 29.8 Å². The van der Waals surface area contributed by atoms with Crippen LogP contribution in [0.1, 0.15) is 59.9 Å². The number of carboxylic acid groups (broad SMARTS) is 1. The second-order valence-corrected chi connectivity index (χ2v) is 10.1. The molecule has 0 aliphatic heterocycles. The van der Waals surface area contributed by atoms with Gasteiger partial charge in [-0.1, -0.05) is 60.1 Å². The molecular weight excluding hydrogens is 464 g/mol. The highest BCUT2D eigenvalue weighted by Crippen LogP contribution is 2.14. The first-order chi connectivity index (χ1) is 16.8. The Kier molecular flexibility index (Phi) is 12.4. The first-order valence-electron chi connectivity index (χ1n) is 12.4. The SMILES string of the molecule is CCC(C)C(NC(=O)C(CC(C)C)NC(=O)C(Cc1ccc(O)cc1)NC(=O)C(N)C(C)C)C(=O)O. The Labute approximate surface area is 213 Å². The highest BCUT2D eigenvalue weighted by molar-refractivity contribution is 5.94. The third-order valence-electron chi connectivity index (χ3n) is 6.15. The number of rotatable bonds is 14. The summed E-state index contributed by atoms with van der Waals surface area (Å²) in [6, 6.07) is 2.25. The van der Waals surface area contributed by atoms with E-state index in [2.05, 4.69) is 16.0 Å². The summed E-state index contributed by atoms with van der Waals surface area (Å²) in [6.07, 6.45) is 0.925. The van der Waals surface area contributed by atoms with Crippen molar-refractivity contribution in [2.75, 3.05) is 0 Å². The average molecular weight is 507 g/mol. The van der Waals surface area contributed by atoms with Gasteiger partial charge in [-0.15, -0.1) is 0 Å². The van der Waals surface area contributed by atoms with Crippen LogP contribution in [0.15, 0.2) is 24.3 Å². The summed E-state index contributed by atoms with van der Waals surface area (Å²) in [6.45, 7) is 10.9. The molecule has 10 nitrogen and oxygen atoms in total. The number of phenols is 1. The first kappa shape index (κ1) is 30.9. The summed E-state index contributed by atoms with van der Waals surface area (Å²) >= 11 is 0. The van der Waals surface area contributed by atoms with Gasteiger partial charge in [0.1, 0.15) is 23.9 Å². The van der Waals surface area contributed by atoms with Crippen LogP contribution in [-0.2, 0) is 25.6 Å². The van der Waals surface area contributed by atoms with E-state index in [1.165, 1.54) is 12.1 Å². The van der Waals surface area contributed by atoms with Crippen LogP contribution < -0.4 is 21.7 Å². The molecular formula is C26H42N4O6. The van der Waals surface area contributed by atoms with E-state index in [1.807, 2.05) is 20.8 Å². The first-order valence-corrected chi connectivity index (χ1v) is 12.4. The molecule has 3 amide bonds. The molecule has 0 saturated carbocycles. The largest absolute Gasteiger partial charge is 0.508 e. The van der Waals surface area contributed by atoms with E-state index in [1.54, 1.807) is 32.9 Å². The minimum Gasteiger partial charge on any atom is -0.508 e. The van der Waals surface area contributed by atoms with Crippen LogP contribution in [0.3, 0.4) is 0 Å². The smallest absolute Gasteiger partial charge is 0.326 e. The number of aliphatic carboxylic acids is 1. The van der Waals surface area contributed by atoms with Gasteiger partial charge < -0.3 is 31.9 Å². The monoisotopic (exact) mass is 506 g/mol. The molecule has 202 valence electrons. The highest BCUT2D eigenvalue weighted by atomic mass is 16.4. The fraction of sp³-hybridized carbons (Fsp3) is 0.615. The molecule has 0 aliphatic carbocycles. The van der Waals surface area contributed by atoms with Gasteiger partial charge in [0.15, 0.2) is 0 Å². The standard InChI is InChI=1S/C26H42N4O6/c1-7-16(6)22(26(35)36)30-24(33)19(12-14(2)3)28-23(32)20(29-25(34)21(27)15(4)5)13-17-8-10-18(31)11-9-17/h8-11,14-16,19-22,31H,7,12-13,27H2,1-6H3,(H,28,32)(H,29,34)(H,30,33)(H,35,36). The molecule has 0 fully saturated rings. The molecule has 7 N–H and O–H groups in total. The number of carbonyl (C=O) groups excluding carboxylic acids is 3. The van der Waals surface area contributed by atoms with Gasteiger partial charge in [-0.05, 0) is 41.9 Å². The Morgan fingerprint density at radius 3 is 1.86 bits per heavy atom. The third-order valence-corrected chi connectivity index (χ3v) is 6.15. The van der Waals surface area contributed by atoms with E-state index >= 15 is 0 Å². The van der Waals surface area contributed by atoms with Gasteiger partial charge in [-0.3, -0.25) is 14.4 Å². The zero-order valence-corrected chi connectivity index (χ0v) is 22.1. The van der Waals surface area contributed by atoms with Crippen LogP contribution in [0.4, 0.5) is 0 Å². The van der Waals surface area contributed by atoms with Gasteiger partial charge in [0.05, 0.1) is 6.04 Å². The highest BCUT2D eigenvalue weighted by Gasteiger charge is 2.32. The predicted octanol–water partition coefficient (Wildman–Crippen LogP) is 1.55. The Hall–Kier alpha value is -3.14. The van der Waals surface area contributed by atoms with Crippen molar-refractivity contribution in [1.29, 1.82) is 0 Å². The third kappa shape index (κ3) is 9.85. The summed E-state index contributed by atoms with van der Waals surface area (Å²) < 4.78 is 0. The number of amides is 3. The number of nitrogens with two attached hydrogens (primary N) is 1. The van der Waals surface area contributed by atoms with Crippen molar-refractivity contribution >= 4 is 23.7 Å². The molecule has 0 spiro atoms. The second kappa shape index (κ2) is 14.4. The Morgan fingerprint density at radius 1 is 0.861 bits per heavy atom. The van der Waals surface area contributed by atoms with E-state index in [4.69, 9.17) is 5.73 Å². The normalized spacial score (nSPS) is 15.5. The van der Waals surface area contributed by atoms with Crippen molar-refractivity contribution in [3.63, 3.8) is 0 Å². The van der Waals surface area contributed by atoms with Crippen LogP contribution in [0.5, 0.6) is 5.75 Å². The molecule has 0 aliphatic rings. The Bertz CT molecular complexity index is 887. The lowest BCUT2D eigenvalue weighted by Gasteiger charge is -2.27. The summed E-state index contributed by atoms with van der Waals surface area (Å²) in [5.41, 5.74) is 6.64. The summed E-state index contributed by atoms with van der Waals surface area (Å²) in [5.74, 6) is -3.22. The number of carbonyl (C=O) groups is 4. The number of aromatic hydroxyl groups is 1. The predicted molar refractivity (Wildman–Crippen MR) is 137 cm³/mol. The van der Waals surface area contributed by atoms with E-state index in [0.717, 1.165) is 0 Å². The number of nitrogens with one attached hydrogen (secondary N) is 3. The zero-order chi connectivity index (χ0) is 27.6. The number of benzene rings is 1. The number of phenolic OH excluding ortho intramolecular Hbond substituents is 1. The van der Waals surface area contributed by atoms with Crippen molar-refractivity contribution in [2.45, 2.75) is 85.0 Å². The zero-order valence-electron chi connectivity index (χ0n) is 22.1. The molecule has 5 atom stereocenters. The summed E-state index contributed by atoms with van der Waals surface area (Å²) in [4.78, 5) is 50.8. The van der Waals surface area contributed by atoms with Gasteiger partial charge in [0.2, 0.25) is 17.7 Å². The van der Waals surface area contributed by atoms with Crippen molar-refractivity contribution in [3.8, 4) is 5.75 Å². The molecule has 1 rings (SSSR count). The number of hydrogen-bond acceptors (Lipinski definition) is 6. The maximum Gasteiger partial charge on any atom is 0.326 e. The van der Waals surface area contributed by atoms with Crippen LogP contribution in [0.25, 0.3) is 0 Å². The fourth-order valence-corrected chi connectivity index (χ4v) is 3.56.